The van der Waals surface area contributed by atoms with E-state index in [4.69, 9.17) is 21.7 Å². The molecule has 0 radical (unpaired) electrons. The molecular formula is C18H33N5O7. The fourth-order valence-corrected chi connectivity index (χ4v) is 2.41. The van der Waals surface area contributed by atoms with Crippen LogP contribution in [0.2, 0.25) is 0 Å². The summed E-state index contributed by atoms with van der Waals surface area (Å²) in [7, 11) is 0. The summed E-state index contributed by atoms with van der Waals surface area (Å²) in [6.45, 7) is 6.24. The van der Waals surface area contributed by atoms with Gasteiger partial charge in [0.25, 0.3) is 0 Å². The molecular weight excluding hydrogens is 398 g/mol. The number of nitrogens with two attached hydrogens (primary N) is 2. The summed E-state index contributed by atoms with van der Waals surface area (Å²) in [6, 6.07) is -5.01. The van der Waals surface area contributed by atoms with Crippen LogP contribution in [0.15, 0.2) is 0 Å². The topological polar surface area (TPSA) is 214 Å². The lowest BCUT2D eigenvalue weighted by Crippen LogP contribution is -2.58. The van der Waals surface area contributed by atoms with E-state index in [1.54, 1.807) is 13.8 Å². The molecule has 0 aromatic carbocycles. The molecule has 0 spiro atoms. The van der Waals surface area contributed by atoms with Gasteiger partial charge in [-0.3, -0.25) is 19.2 Å². The van der Waals surface area contributed by atoms with Crippen LogP contribution in [0.3, 0.4) is 0 Å². The van der Waals surface area contributed by atoms with E-state index in [-0.39, 0.29) is 18.3 Å². The van der Waals surface area contributed by atoms with Gasteiger partial charge in [-0.1, -0.05) is 27.7 Å². The molecule has 0 heterocycles. The number of carbonyl (C=O) groups excluding carboxylic acids is 4. The highest BCUT2D eigenvalue weighted by Gasteiger charge is 2.31. The van der Waals surface area contributed by atoms with Gasteiger partial charge in [0.15, 0.2) is 0 Å². The molecule has 4 atom stereocenters. The first-order valence-corrected chi connectivity index (χ1v) is 9.58. The van der Waals surface area contributed by atoms with Gasteiger partial charge in [0.2, 0.25) is 23.6 Å². The summed E-state index contributed by atoms with van der Waals surface area (Å²) in [4.78, 5) is 59.6. The normalized spacial score (nSPS) is 15.1. The molecule has 0 aliphatic heterocycles. The predicted molar refractivity (Wildman–Crippen MR) is 107 cm³/mol. The number of rotatable bonds is 13. The minimum absolute atomic E-state index is 0.00878. The first-order chi connectivity index (χ1) is 13.8. The van der Waals surface area contributed by atoms with Gasteiger partial charge < -0.3 is 37.6 Å². The molecule has 9 N–H and O–H groups in total. The number of nitrogens with one attached hydrogen (secondary N) is 3. The number of aliphatic carboxylic acids is 1. The maximum atomic E-state index is 12.7. The van der Waals surface area contributed by atoms with Crippen molar-refractivity contribution in [2.45, 2.75) is 64.7 Å². The number of carboxylic acid groups (broad SMARTS) is 1. The lowest BCUT2D eigenvalue weighted by atomic mass is 10.00. The zero-order chi connectivity index (χ0) is 23.6. The number of amides is 4. The largest absolute Gasteiger partial charge is 0.480 e. The molecule has 0 saturated carbocycles. The molecule has 0 fully saturated rings. The number of aliphatic hydroxyl groups excluding tert-OH is 1. The van der Waals surface area contributed by atoms with Crippen molar-refractivity contribution in [1.82, 2.24) is 16.0 Å². The fraction of sp³-hybridized carbons (Fsp3) is 0.722. The summed E-state index contributed by atoms with van der Waals surface area (Å²) >= 11 is 0. The Morgan fingerprint density at radius 2 is 1.30 bits per heavy atom. The Labute approximate surface area is 175 Å². The van der Waals surface area contributed by atoms with Crippen molar-refractivity contribution in [3.8, 4) is 0 Å². The molecule has 0 aliphatic rings. The van der Waals surface area contributed by atoms with Crippen LogP contribution in [0.5, 0.6) is 0 Å². The van der Waals surface area contributed by atoms with Crippen LogP contribution in [0.1, 0.15) is 40.5 Å². The molecule has 30 heavy (non-hydrogen) atoms. The average molecular weight is 431 g/mol. The number of hydrogen-bond donors (Lipinski definition) is 7. The van der Waals surface area contributed by atoms with Crippen LogP contribution >= 0.6 is 0 Å². The number of carboxylic acids is 1. The summed E-state index contributed by atoms with van der Waals surface area (Å²) in [5, 5.41) is 24.8. The van der Waals surface area contributed by atoms with E-state index in [0.29, 0.717) is 0 Å². The maximum Gasteiger partial charge on any atom is 0.328 e. The van der Waals surface area contributed by atoms with Crippen LogP contribution in [0, 0.1) is 11.8 Å². The highest BCUT2D eigenvalue weighted by Crippen LogP contribution is 2.08. The van der Waals surface area contributed by atoms with E-state index in [1.807, 2.05) is 19.2 Å². The Morgan fingerprint density at radius 1 is 0.833 bits per heavy atom. The molecule has 4 unspecified atom stereocenters. The van der Waals surface area contributed by atoms with Crippen molar-refractivity contribution in [1.29, 1.82) is 0 Å². The standard InChI is InChI=1S/C18H33N5O7/c1-8(2)5-10(22-17(28)14(20)9(3)4)15(26)21-11(6-13(19)25)16(27)23-12(7-24)18(29)30/h8-12,14,24H,5-7,20H2,1-4H3,(H2,19,25)(H,21,26)(H,22,28)(H,23,27)(H,29,30). The number of carbonyl (C=O) groups is 5. The quantitative estimate of drug-likeness (QED) is 0.164. The second kappa shape index (κ2) is 12.8. The van der Waals surface area contributed by atoms with Crippen molar-refractivity contribution in [2.75, 3.05) is 6.61 Å². The van der Waals surface area contributed by atoms with Gasteiger partial charge in [0.1, 0.15) is 18.1 Å². The van der Waals surface area contributed by atoms with Crippen molar-refractivity contribution in [3.63, 3.8) is 0 Å². The minimum atomic E-state index is -1.63. The number of aliphatic hydroxyl groups is 1. The Kier molecular flexibility index (Phi) is 11.6. The fourth-order valence-electron chi connectivity index (χ4n) is 2.41. The van der Waals surface area contributed by atoms with E-state index in [9.17, 15) is 24.0 Å². The maximum absolute atomic E-state index is 12.7. The molecule has 12 nitrogen and oxygen atoms in total. The summed E-state index contributed by atoms with van der Waals surface area (Å²) in [5.41, 5.74) is 10.9. The van der Waals surface area contributed by atoms with Crippen LogP contribution in [0.25, 0.3) is 0 Å². The Morgan fingerprint density at radius 3 is 1.70 bits per heavy atom. The zero-order valence-electron chi connectivity index (χ0n) is 17.7. The van der Waals surface area contributed by atoms with Gasteiger partial charge in [-0.2, -0.15) is 0 Å². The molecule has 0 rings (SSSR count). The molecule has 0 bridgehead atoms. The number of primary amides is 1. The van der Waals surface area contributed by atoms with Gasteiger partial charge in [-0.15, -0.1) is 0 Å². The third kappa shape index (κ3) is 9.65. The van der Waals surface area contributed by atoms with E-state index in [2.05, 4.69) is 10.6 Å². The van der Waals surface area contributed by atoms with Gasteiger partial charge in [-0.05, 0) is 18.3 Å². The average Bonchev–Trinajstić information content (AvgIpc) is 2.62. The van der Waals surface area contributed by atoms with E-state index < -0.39 is 66.8 Å². The molecule has 0 aromatic heterocycles. The molecule has 172 valence electrons. The molecule has 0 saturated heterocycles. The van der Waals surface area contributed by atoms with Gasteiger partial charge >= 0.3 is 5.97 Å². The first kappa shape index (κ1) is 27.3. The van der Waals surface area contributed by atoms with Crippen LogP contribution in [-0.2, 0) is 24.0 Å². The van der Waals surface area contributed by atoms with Crippen molar-refractivity contribution >= 4 is 29.6 Å². The van der Waals surface area contributed by atoms with Crippen molar-refractivity contribution in [2.24, 2.45) is 23.3 Å². The highest BCUT2D eigenvalue weighted by molar-refractivity contribution is 5.96. The second-order valence-corrected chi connectivity index (χ2v) is 7.77. The predicted octanol–water partition coefficient (Wildman–Crippen LogP) is -2.58. The third-order valence-corrected chi connectivity index (χ3v) is 4.20. The van der Waals surface area contributed by atoms with E-state index in [0.717, 1.165) is 0 Å². The molecule has 0 aromatic rings. The van der Waals surface area contributed by atoms with Gasteiger partial charge in [0.05, 0.1) is 19.1 Å². The van der Waals surface area contributed by atoms with Crippen molar-refractivity contribution in [3.05, 3.63) is 0 Å². The van der Waals surface area contributed by atoms with Crippen molar-refractivity contribution < 1.29 is 34.2 Å². The van der Waals surface area contributed by atoms with Gasteiger partial charge in [-0.25, -0.2) is 4.79 Å². The third-order valence-electron chi connectivity index (χ3n) is 4.20. The van der Waals surface area contributed by atoms with Gasteiger partial charge in [0, 0.05) is 0 Å². The lowest BCUT2D eigenvalue weighted by molar-refractivity contribution is -0.143. The lowest BCUT2D eigenvalue weighted by Gasteiger charge is -2.26. The number of hydrogen-bond acceptors (Lipinski definition) is 7. The molecule has 12 heteroatoms. The zero-order valence-corrected chi connectivity index (χ0v) is 17.7. The van der Waals surface area contributed by atoms with E-state index in [1.165, 1.54) is 0 Å². The summed E-state index contributed by atoms with van der Waals surface area (Å²) in [5.74, 6) is -4.92. The Bertz CT molecular complexity index is 638. The Balaban J connectivity index is 5.45. The summed E-state index contributed by atoms with van der Waals surface area (Å²) < 4.78 is 0. The first-order valence-electron chi connectivity index (χ1n) is 9.58. The second-order valence-electron chi connectivity index (χ2n) is 7.77. The van der Waals surface area contributed by atoms with E-state index >= 15 is 0 Å². The van der Waals surface area contributed by atoms with Crippen LogP contribution in [-0.4, -0.2) is 70.6 Å². The van der Waals surface area contributed by atoms with Crippen LogP contribution in [0.4, 0.5) is 0 Å². The molecule has 0 aliphatic carbocycles. The summed E-state index contributed by atoms with van der Waals surface area (Å²) in [6.07, 6.45) is -0.384. The monoisotopic (exact) mass is 431 g/mol. The smallest absolute Gasteiger partial charge is 0.328 e. The Hall–Kier alpha value is -2.73. The minimum Gasteiger partial charge on any atom is -0.480 e. The highest BCUT2D eigenvalue weighted by atomic mass is 16.4. The van der Waals surface area contributed by atoms with Crippen LogP contribution < -0.4 is 27.4 Å². The molecule has 4 amide bonds. The SMILES string of the molecule is CC(C)CC(NC(=O)C(N)C(C)C)C(=O)NC(CC(N)=O)C(=O)NC(CO)C(=O)O.